The molecule has 0 aliphatic rings. The van der Waals surface area contributed by atoms with Crippen molar-refractivity contribution < 1.29 is 8.42 Å². The summed E-state index contributed by atoms with van der Waals surface area (Å²) in [4.78, 5) is 9.11. The molecule has 2 aromatic heterocycles. The minimum Gasteiger partial charge on any atom is -0.243 e. The lowest BCUT2D eigenvalue weighted by Crippen LogP contribution is -2.13. The molecule has 0 atom stereocenters. The molecule has 0 aliphatic carbocycles. The maximum atomic E-state index is 13.0. The summed E-state index contributed by atoms with van der Waals surface area (Å²) in [7, 11) is -3.72. The Morgan fingerprint density at radius 1 is 0.926 bits per heavy atom. The molecule has 0 saturated carbocycles. The number of aryl methyl sites for hydroxylation is 1. The van der Waals surface area contributed by atoms with Crippen molar-refractivity contribution in [2.45, 2.75) is 11.8 Å². The molecule has 0 aliphatic heterocycles. The molecule has 0 saturated heterocycles. The van der Waals surface area contributed by atoms with E-state index in [-0.39, 0.29) is 4.90 Å². The number of hydrogen-bond acceptors (Lipinski definition) is 4. The highest BCUT2D eigenvalue weighted by Gasteiger charge is 2.21. The predicted octanol–water partition coefficient (Wildman–Crippen LogP) is 4.15. The number of hydrogen-bond donors (Lipinski definition) is 0. The highest BCUT2D eigenvalue weighted by Crippen LogP contribution is 2.22. The Morgan fingerprint density at radius 3 is 2.44 bits per heavy atom. The van der Waals surface area contributed by atoms with E-state index in [4.69, 9.17) is 0 Å². The van der Waals surface area contributed by atoms with Gasteiger partial charge in [0.05, 0.1) is 16.8 Å². The van der Waals surface area contributed by atoms with Crippen LogP contribution in [0.3, 0.4) is 0 Å². The topological polar surface area (TPSA) is 64.8 Å². The highest BCUT2D eigenvalue weighted by molar-refractivity contribution is 7.90. The SMILES string of the molecule is Cc1ccccc1S(=O)(=O)n1ccc2nc(/C=C/c3ccccc3)cnc21. The molecule has 2 heterocycles. The smallest absolute Gasteiger partial charge is 0.243 e. The van der Waals surface area contributed by atoms with Crippen molar-refractivity contribution in [3.05, 3.63) is 89.9 Å². The second kappa shape index (κ2) is 6.81. The molecule has 4 aromatic rings. The summed E-state index contributed by atoms with van der Waals surface area (Å²) in [5, 5.41) is 0. The lowest BCUT2D eigenvalue weighted by molar-refractivity contribution is 0.588. The number of aromatic nitrogens is 3. The first-order valence-corrected chi connectivity index (χ1v) is 9.88. The molecule has 0 amide bonds. The van der Waals surface area contributed by atoms with Gasteiger partial charge in [-0.3, -0.25) is 0 Å². The van der Waals surface area contributed by atoms with E-state index in [1.165, 1.54) is 10.2 Å². The van der Waals surface area contributed by atoms with Crippen LogP contribution in [0.4, 0.5) is 0 Å². The van der Waals surface area contributed by atoms with Crippen molar-refractivity contribution in [3.8, 4) is 0 Å². The quantitative estimate of drug-likeness (QED) is 0.538. The first kappa shape index (κ1) is 17.2. The van der Waals surface area contributed by atoms with Gasteiger partial charge in [-0.25, -0.2) is 22.4 Å². The van der Waals surface area contributed by atoms with Gasteiger partial charge in [-0.2, -0.15) is 0 Å². The van der Waals surface area contributed by atoms with Crippen LogP contribution in [-0.2, 0) is 10.0 Å². The molecule has 2 aromatic carbocycles. The van der Waals surface area contributed by atoms with Gasteiger partial charge in [0.2, 0.25) is 0 Å². The fourth-order valence-electron chi connectivity index (χ4n) is 2.87. The first-order chi connectivity index (χ1) is 13.1. The van der Waals surface area contributed by atoms with Crippen molar-refractivity contribution >= 4 is 33.3 Å². The number of fused-ring (bicyclic) bond motifs is 1. The summed E-state index contributed by atoms with van der Waals surface area (Å²) in [6.45, 7) is 1.77. The molecule has 6 heteroatoms. The summed E-state index contributed by atoms with van der Waals surface area (Å²) in [6.07, 6.45) is 6.87. The van der Waals surface area contributed by atoms with Gasteiger partial charge in [0.25, 0.3) is 10.0 Å². The van der Waals surface area contributed by atoms with Gasteiger partial charge in [0, 0.05) is 6.20 Å². The average molecular weight is 375 g/mol. The molecular formula is C21H17N3O2S. The van der Waals surface area contributed by atoms with Crippen LogP contribution in [0.15, 0.2) is 78.0 Å². The van der Waals surface area contributed by atoms with Gasteiger partial charge < -0.3 is 0 Å². The summed E-state index contributed by atoms with van der Waals surface area (Å²) in [5.41, 5.74) is 3.25. The van der Waals surface area contributed by atoms with Gasteiger partial charge in [-0.1, -0.05) is 54.6 Å². The standard InChI is InChI=1S/C21H17N3O2S/c1-16-7-5-6-10-20(16)27(25,26)24-14-13-19-21(24)22-15-18(23-19)12-11-17-8-3-2-4-9-17/h2-15H,1H3/b12-11+. The third-order valence-electron chi connectivity index (χ3n) is 4.25. The normalized spacial score (nSPS) is 12.0. The summed E-state index contributed by atoms with van der Waals surface area (Å²) in [5.74, 6) is 0. The lowest BCUT2D eigenvalue weighted by Gasteiger charge is -2.09. The van der Waals surface area contributed by atoms with Crippen molar-refractivity contribution in [1.82, 2.24) is 13.9 Å². The highest BCUT2D eigenvalue weighted by atomic mass is 32.2. The van der Waals surface area contributed by atoms with E-state index in [2.05, 4.69) is 9.97 Å². The van der Waals surface area contributed by atoms with E-state index in [0.717, 1.165) is 5.56 Å². The maximum Gasteiger partial charge on any atom is 0.269 e. The molecule has 27 heavy (non-hydrogen) atoms. The van der Waals surface area contributed by atoms with Crippen LogP contribution < -0.4 is 0 Å². The molecule has 0 bridgehead atoms. The minimum absolute atomic E-state index is 0.261. The largest absolute Gasteiger partial charge is 0.269 e. The van der Waals surface area contributed by atoms with Crippen molar-refractivity contribution in [1.29, 1.82) is 0 Å². The van der Waals surface area contributed by atoms with Crippen molar-refractivity contribution in [2.24, 2.45) is 0 Å². The van der Waals surface area contributed by atoms with Crippen LogP contribution in [0.1, 0.15) is 16.8 Å². The van der Waals surface area contributed by atoms with Gasteiger partial charge in [-0.15, -0.1) is 0 Å². The molecule has 134 valence electrons. The summed E-state index contributed by atoms with van der Waals surface area (Å²) in [6, 6.07) is 18.4. The molecule has 0 radical (unpaired) electrons. The van der Waals surface area contributed by atoms with Gasteiger partial charge in [0.15, 0.2) is 5.65 Å². The number of rotatable bonds is 4. The van der Waals surface area contributed by atoms with E-state index in [0.29, 0.717) is 22.4 Å². The molecule has 0 unspecified atom stereocenters. The maximum absolute atomic E-state index is 13.0. The predicted molar refractivity (Wildman–Crippen MR) is 107 cm³/mol. The fraction of sp³-hybridized carbons (Fsp3) is 0.0476. The average Bonchev–Trinajstić information content (AvgIpc) is 3.11. The van der Waals surface area contributed by atoms with Crippen LogP contribution in [0.5, 0.6) is 0 Å². The van der Waals surface area contributed by atoms with Crippen LogP contribution >= 0.6 is 0 Å². The lowest BCUT2D eigenvalue weighted by atomic mass is 10.2. The van der Waals surface area contributed by atoms with Crippen LogP contribution in [-0.4, -0.2) is 22.4 Å². The molecule has 0 spiro atoms. The molecule has 0 fully saturated rings. The zero-order valence-electron chi connectivity index (χ0n) is 14.6. The van der Waals surface area contributed by atoms with Crippen molar-refractivity contribution in [2.75, 3.05) is 0 Å². The van der Waals surface area contributed by atoms with E-state index in [1.807, 2.05) is 48.6 Å². The Morgan fingerprint density at radius 2 is 1.67 bits per heavy atom. The van der Waals surface area contributed by atoms with Gasteiger partial charge in [-0.05, 0) is 36.3 Å². The number of benzene rings is 2. The van der Waals surface area contributed by atoms with E-state index in [1.54, 1.807) is 37.4 Å². The monoisotopic (exact) mass is 375 g/mol. The van der Waals surface area contributed by atoms with E-state index in [9.17, 15) is 8.42 Å². The molecular weight excluding hydrogens is 358 g/mol. The van der Waals surface area contributed by atoms with Gasteiger partial charge >= 0.3 is 0 Å². The zero-order valence-corrected chi connectivity index (χ0v) is 15.5. The minimum atomic E-state index is -3.72. The van der Waals surface area contributed by atoms with Crippen LogP contribution in [0.25, 0.3) is 23.3 Å². The Bertz CT molecular complexity index is 1240. The fourth-order valence-corrected chi connectivity index (χ4v) is 4.40. The summed E-state index contributed by atoms with van der Waals surface area (Å²) >= 11 is 0. The summed E-state index contributed by atoms with van der Waals surface area (Å²) < 4.78 is 27.2. The number of nitrogens with zero attached hydrogens (tertiary/aromatic N) is 3. The molecule has 4 rings (SSSR count). The van der Waals surface area contributed by atoms with Crippen molar-refractivity contribution in [3.63, 3.8) is 0 Å². The van der Waals surface area contributed by atoms with E-state index >= 15 is 0 Å². The Balaban J connectivity index is 1.73. The van der Waals surface area contributed by atoms with Crippen LogP contribution in [0, 0.1) is 6.92 Å². The Hall–Kier alpha value is -3.25. The second-order valence-corrected chi connectivity index (χ2v) is 7.91. The third kappa shape index (κ3) is 3.27. The molecule has 0 N–H and O–H groups in total. The first-order valence-electron chi connectivity index (χ1n) is 8.44. The third-order valence-corrected chi connectivity index (χ3v) is 6.08. The van der Waals surface area contributed by atoms with Crippen LogP contribution in [0.2, 0.25) is 0 Å². The second-order valence-electron chi connectivity index (χ2n) is 6.13. The molecule has 5 nitrogen and oxygen atoms in total. The Labute approximate surface area is 157 Å². The van der Waals surface area contributed by atoms with Gasteiger partial charge in [0.1, 0.15) is 5.52 Å². The zero-order chi connectivity index (χ0) is 18.9. The van der Waals surface area contributed by atoms with E-state index < -0.39 is 10.0 Å². The Kier molecular flexibility index (Phi) is 4.33.